The van der Waals surface area contributed by atoms with E-state index in [2.05, 4.69) is 12.6 Å². The molecular formula is C12H14O2S2. The highest BCUT2D eigenvalue weighted by Gasteiger charge is 2.19. The zero-order chi connectivity index (χ0) is 11.5. The summed E-state index contributed by atoms with van der Waals surface area (Å²) in [5, 5.41) is 22.8. The molecule has 2 aromatic rings. The Balaban J connectivity index is 2.35. The first-order valence-corrected chi connectivity index (χ1v) is 6.68. The molecule has 0 spiro atoms. The first kappa shape index (κ1) is 11.9. The number of fused-ring (bicyclic) bond motifs is 1. The molecule has 1 aromatic carbocycles. The summed E-state index contributed by atoms with van der Waals surface area (Å²) in [5.74, 6) is 0.567. The monoisotopic (exact) mass is 254 g/mol. The Morgan fingerprint density at radius 2 is 2.06 bits per heavy atom. The van der Waals surface area contributed by atoms with Crippen LogP contribution in [-0.4, -0.2) is 22.1 Å². The van der Waals surface area contributed by atoms with E-state index in [-0.39, 0.29) is 0 Å². The highest BCUT2D eigenvalue weighted by atomic mass is 32.1. The lowest BCUT2D eigenvalue weighted by atomic mass is 10.00. The summed E-state index contributed by atoms with van der Waals surface area (Å²) in [5.41, 5.74) is 0.799. The molecule has 0 bridgehead atoms. The quantitative estimate of drug-likeness (QED) is 0.734. The molecule has 0 aliphatic rings. The lowest BCUT2D eigenvalue weighted by molar-refractivity contribution is 0.0181. The normalized spacial score (nSPS) is 15.2. The van der Waals surface area contributed by atoms with E-state index in [1.165, 1.54) is 0 Å². The molecule has 2 atom stereocenters. The van der Waals surface area contributed by atoms with Crippen molar-refractivity contribution in [3.63, 3.8) is 0 Å². The fraction of sp³-hybridized carbons (Fsp3) is 0.333. The molecule has 0 aliphatic heterocycles. The standard InChI is InChI=1S/C12H14O2S2/c13-10(4-6-15)12(14)9-2-1-3-11-8(9)5-7-16-11/h1-3,5,7,10,12-15H,4,6H2. The van der Waals surface area contributed by atoms with Crippen LogP contribution in [0.5, 0.6) is 0 Å². The van der Waals surface area contributed by atoms with E-state index in [4.69, 9.17) is 0 Å². The van der Waals surface area contributed by atoms with Gasteiger partial charge >= 0.3 is 0 Å². The molecule has 0 radical (unpaired) electrons. The number of hydrogen-bond donors (Lipinski definition) is 3. The van der Waals surface area contributed by atoms with E-state index in [9.17, 15) is 10.2 Å². The summed E-state index contributed by atoms with van der Waals surface area (Å²) < 4.78 is 1.13. The van der Waals surface area contributed by atoms with Crippen LogP contribution in [0, 0.1) is 0 Å². The molecule has 0 saturated heterocycles. The van der Waals surface area contributed by atoms with E-state index >= 15 is 0 Å². The predicted octanol–water partition coefficient (Wildman–Crippen LogP) is 2.62. The second-order valence-electron chi connectivity index (χ2n) is 3.70. The molecule has 0 aliphatic carbocycles. The van der Waals surface area contributed by atoms with Gasteiger partial charge in [0.05, 0.1) is 6.10 Å². The maximum Gasteiger partial charge on any atom is 0.105 e. The van der Waals surface area contributed by atoms with Crippen molar-refractivity contribution >= 4 is 34.1 Å². The molecule has 2 N–H and O–H groups in total. The molecule has 2 nitrogen and oxygen atoms in total. The minimum absolute atomic E-state index is 0.491. The third-order valence-electron chi connectivity index (χ3n) is 2.64. The Labute approximate surface area is 104 Å². The zero-order valence-corrected chi connectivity index (χ0v) is 10.4. The molecule has 0 amide bonds. The predicted molar refractivity (Wildman–Crippen MR) is 71.3 cm³/mol. The average Bonchev–Trinajstić information content (AvgIpc) is 2.76. The summed E-state index contributed by atoms with van der Waals surface area (Å²) >= 11 is 5.70. The number of hydrogen-bond acceptors (Lipinski definition) is 4. The highest BCUT2D eigenvalue weighted by Crippen LogP contribution is 2.30. The highest BCUT2D eigenvalue weighted by molar-refractivity contribution is 7.80. The van der Waals surface area contributed by atoms with Gasteiger partial charge in [-0.2, -0.15) is 12.6 Å². The molecule has 2 rings (SSSR count). The van der Waals surface area contributed by atoms with Crippen molar-refractivity contribution in [3.8, 4) is 0 Å². The van der Waals surface area contributed by atoms with Gasteiger partial charge in [-0.3, -0.25) is 0 Å². The van der Waals surface area contributed by atoms with E-state index in [0.717, 1.165) is 15.6 Å². The molecule has 86 valence electrons. The summed E-state index contributed by atoms with van der Waals surface area (Å²) in [6.07, 6.45) is -1.08. The van der Waals surface area contributed by atoms with Crippen LogP contribution in [0.2, 0.25) is 0 Å². The Kier molecular flexibility index (Phi) is 3.86. The van der Waals surface area contributed by atoms with Crippen molar-refractivity contribution in [1.29, 1.82) is 0 Å². The molecule has 16 heavy (non-hydrogen) atoms. The van der Waals surface area contributed by atoms with Crippen LogP contribution < -0.4 is 0 Å². The van der Waals surface area contributed by atoms with Gasteiger partial charge < -0.3 is 10.2 Å². The first-order valence-electron chi connectivity index (χ1n) is 5.17. The Morgan fingerprint density at radius 3 is 2.81 bits per heavy atom. The minimum Gasteiger partial charge on any atom is -0.390 e. The van der Waals surface area contributed by atoms with Crippen LogP contribution in [0.15, 0.2) is 29.6 Å². The number of aliphatic hydroxyl groups is 2. The summed E-state index contributed by atoms with van der Waals surface area (Å²) in [6.45, 7) is 0. The van der Waals surface area contributed by atoms with Crippen LogP contribution in [-0.2, 0) is 0 Å². The molecule has 1 aromatic heterocycles. The van der Waals surface area contributed by atoms with Crippen LogP contribution >= 0.6 is 24.0 Å². The van der Waals surface area contributed by atoms with Crippen molar-refractivity contribution in [2.45, 2.75) is 18.6 Å². The van der Waals surface area contributed by atoms with Gasteiger partial charge in [-0.15, -0.1) is 11.3 Å². The number of rotatable bonds is 4. The summed E-state index contributed by atoms with van der Waals surface area (Å²) in [7, 11) is 0. The largest absolute Gasteiger partial charge is 0.390 e. The fourth-order valence-electron chi connectivity index (χ4n) is 1.77. The average molecular weight is 254 g/mol. The van der Waals surface area contributed by atoms with Gasteiger partial charge in [0.15, 0.2) is 0 Å². The third-order valence-corrected chi connectivity index (χ3v) is 3.78. The maximum atomic E-state index is 10.1. The second kappa shape index (κ2) is 5.19. The van der Waals surface area contributed by atoms with Crippen molar-refractivity contribution < 1.29 is 10.2 Å². The second-order valence-corrected chi connectivity index (χ2v) is 5.10. The molecule has 4 heteroatoms. The first-order chi connectivity index (χ1) is 7.74. The van der Waals surface area contributed by atoms with E-state index in [1.54, 1.807) is 11.3 Å². The van der Waals surface area contributed by atoms with Gasteiger partial charge in [0.2, 0.25) is 0 Å². The molecule has 1 heterocycles. The van der Waals surface area contributed by atoms with Gasteiger partial charge in [0.1, 0.15) is 6.10 Å². The molecule has 2 unspecified atom stereocenters. The number of thiol groups is 1. The van der Waals surface area contributed by atoms with Gasteiger partial charge in [-0.1, -0.05) is 12.1 Å². The van der Waals surface area contributed by atoms with Crippen molar-refractivity contribution in [2.75, 3.05) is 5.75 Å². The minimum atomic E-state index is -0.828. The summed E-state index contributed by atoms with van der Waals surface area (Å²) in [4.78, 5) is 0. The van der Waals surface area contributed by atoms with E-state index in [1.807, 2.05) is 29.6 Å². The van der Waals surface area contributed by atoms with Crippen molar-refractivity contribution in [3.05, 3.63) is 35.2 Å². The van der Waals surface area contributed by atoms with E-state index in [0.29, 0.717) is 12.2 Å². The van der Waals surface area contributed by atoms with E-state index < -0.39 is 12.2 Å². The molecular weight excluding hydrogens is 240 g/mol. The number of benzene rings is 1. The van der Waals surface area contributed by atoms with Crippen LogP contribution in [0.1, 0.15) is 18.1 Å². The van der Waals surface area contributed by atoms with Gasteiger partial charge in [0.25, 0.3) is 0 Å². The Bertz CT molecular complexity index is 467. The Hall–Kier alpha value is -0.550. The number of thiophene rings is 1. The lowest BCUT2D eigenvalue weighted by Crippen LogP contribution is -2.18. The van der Waals surface area contributed by atoms with Crippen LogP contribution in [0.3, 0.4) is 0 Å². The SMILES string of the molecule is OC(CCS)C(O)c1cccc2sccc12. The topological polar surface area (TPSA) is 40.5 Å². The lowest BCUT2D eigenvalue weighted by Gasteiger charge is -2.18. The molecule has 0 saturated carbocycles. The van der Waals surface area contributed by atoms with Crippen molar-refractivity contribution in [1.82, 2.24) is 0 Å². The number of aliphatic hydroxyl groups excluding tert-OH is 2. The van der Waals surface area contributed by atoms with Gasteiger partial charge in [0, 0.05) is 4.70 Å². The van der Waals surface area contributed by atoms with Crippen molar-refractivity contribution in [2.24, 2.45) is 0 Å². The van der Waals surface area contributed by atoms with Crippen LogP contribution in [0.4, 0.5) is 0 Å². The fourth-order valence-corrected chi connectivity index (χ4v) is 2.86. The third kappa shape index (κ3) is 2.25. The van der Waals surface area contributed by atoms with Gasteiger partial charge in [-0.25, -0.2) is 0 Å². The van der Waals surface area contributed by atoms with Crippen LogP contribution in [0.25, 0.3) is 10.1 Å². The summed E-state index contributed by atoms with van der Waals surface area (Å²) in [6, 6.07) is 7.76. The van der Waals surface area contributed by atoms with Gasteiger partial charge in [-0.05, 0) is 40.6 Å². The molecule has 0 fully saturated rings. The smallest absolute Gasteiger partial charge is 0.105 e. The Morgan fingerprint density at radius 1 is 1.25 bits per heavy atom. The zero-order valence-electron chi connectivity index (χ0n) is 8.71. The maximum absolute atomic E-state index is 10.1.